The summed E-state index contributed by atoms with van der Waals surface area (Å²) in [6.07, 6.45) is 9.34. The molecule has 0 spiro atoms. The first-order valence-electron chi connectivity index (χ1n) is 11.6. The van der Waals surface area contributed by atoms with Crippen LogP contribution in [0.25, 0.3) is 0 Å². The van der Waals surface area contributed by atoms with Gasteiger partial charge in [0.25, 0.3) is 5.91 Å². The number of amides is 1. The summed E-state index contributed by atoms with van der Waals surface area (Å²) in [7, 11) is 1.72. The van der Waals surface area contributed by atoms with E-state index in [1.54, 1.807) is 7.11 Å². The van der Waals surface area contributed by atoms with E-state index in [0.717, 1.165) is 38.0 Å². The highest BCUT2D eigenvalue weighted by molar-refractivity contribution is 5.92. The van der Waals surface area contributed by atoms with Gasteiger partial charge < -0.3 is 14.5 Å². The van der Waals surface area contributed by atoms with E-state index in [1.807, 2.05) is 11.0 Å². The number of nitrogens with one attached hydrogen (secondary N) is 1. The van der Waals surface area contributed by atoms with Crippen LogP contribution in [0.3, 0.4) is 0 Å². The average molecular weight is 405 g/mol. The monoisotopic (exact) mass is 404 g/mol. The number of hydrogen-bond donors (Lipinski definition) is 1. The van der Waals surface area contributed by atoms with E-state index in [4.69, 9.17) is 4.74 Å². The number of hydrogen-bond acceptors (Lipinski definition) is 4. The molecule has 1 N–H and O–H groups in total. The zero-order valence-corrected chi connectivity index (χ0v) is 18.7. The van der Waals surface area contributed by atoms with Gasteiger partial charge in [-0.05, 0) is 75.9 Å². The summed E-state index contributed by atoms with van der Waals surface area (Å²) in [6.45, 7) is 9.18. The van der Waals surface area contributed by atoms with E-state index in [1.165, 1.54) is 45.2 Å². The molecule has 0 saturated carbocycles. The number of aromatic nitrogens is 2. The highest BCUT2D eigenvalue weighted by atomic mass is 16.5. The van der Waals surface area contributed by atoms with Gasteiger partial charge in [-0.1, -0.05) is 20.3 Å². The van der Waals surface area contributed by atoms with E-state index in [-0.39, 0.29) is 5.91 Å². The van der Waals surface area contributed by atoms with Gasteiger partial charge in [0.1, 0.15) is 5.69 Å². The Morgan fingerprint density at radius 3 is 2.93 bits per heavy atom. The number of ether oxygens (including phenoxy) is 1. The number of rotatable bonds is 10. The Labute approximate surface area is 176 Å². The van der Waals surface area contributed by atoms with Gasteiger partial charge in [-0.25, -0.2) is 0 Å². The van der Waals surface area contributed by atoms with Crippen LogP contribution in [0.15, 0.2) is 6.07 Å². The quantitative estimate of drug-likeness (QED) is 0.604. The van der Waals surface area contributed by atoms with Gasteiger partial charge in [0.05, 0.1) is 0 Å². The fourth-order valence-corrected chi connectivity index (χ4v) is 4.95. The minimum absolute atomic E-state index is 0.0704. The predicted molar refractivity (Wildman–Crippen MR) is 116 cm³/mol. The summed E-state index contributed by atoms with van der Waals surface area (Å²) in [4.78, 5) is 18.0. The topological polar surface area (TPSA) is 61.5 Å². The molecular formula is C23H40N4O2. The first-order chi connectivity index (χ1) is 14.1. The van der Waals surface area contributed by atoms with Crippen molar-refractivity contribution in [3.63, 3.8) is 0 Å². The lowest BCUT2D eigenvalue weighted by atomic mass is 9.83. The summed E-state index contributed by atoms with van der Waals surface area (Å²) in [6, 6.07) is 2.61. The Hall–Kier alpha value is -1.40. The number of aryl methyl sites for hydroxylation is 1. The molecule has 1 amide bonds. The van der Waals surface area contributed by atoms with Crippen molar-refractivity contribution in [1.29, 1.82) is 0 Å². The largest absolute Gasteiger partial charge is 0.385 e. The van der Waals surface area contributed by atoms with Gasteiger partial charge in [-0.2, -0.15) is 5.10 Å². The first-order valence-corrected chi connectivity index (χ1v) is 11.6. The summed E-state index contributed by atoms with van der Waals surface area (Å²) in [5.74, 6) is 1.30. The fourth-order valence-electron chi connectivity index (χ4n) is 4.95. The highest BCUT2D eigenvalue weighted by Gasteiger charge is 2.35. The molecule has 2 atom stereocenters. The van der Waals surface area contributed by atoms with Crippen molar-refractivity contribution in [1.82, 2.24) is 20.0 Å². The molecule has 0 aromatic carbocycles. The van der Waals surface area contributed by atoms with E-state index in [0.29, 0.717) is 30.2 Å². The van der Waals surface area contributed by atoms with Gasteiger partial charge >= 0.3 is 0 Å². The Balaban J connectivity index is 1.66. The van der Waals surface area contributed by atoms with Gasteiger partial charge in [0, 0.05) is 38.5 Å². The molecule has 2 aliphatic heterocycles. The van der Waals surface area contributed by atoms with E-state index in [2.05, 4.69) is 28.9 Å². The van der Waals surface area contributed by atoms with Gasteiger partial charge in [-0.3, -0.25) is 9.89 Å². The van der Waals surface area contributed by atoms with E-state index in [9.17, 15) is 4.79 Å². The van der Waals surface area contributed by atoms with Crippen molar-refractivity contribution in [3.05, 3.63) is 17.5 Å². The van der Waals surface area contributed by atoms with Crippen LogP contribution in [0.1, 0.15) is 75.0 Å². The number of H-pyrrole nitrogens is 1. The van der Waals surface area contributed by atoms with E-state index < -0.39 is 0 Å². The second-order valence-corrected chi connectivity index (χ2v) is 9.31. The number of carbonyl (C=O) groups excluding carboxylic acids is 1. The molecule has 29 heavy (non-hydrogen) atoms. The lowest BCUT2D eigenvalue weighted by Crippen LogP contribution is -2.51. The van der Waals surface area contributed by atoms with Crippen LogP contribution in [0.5, 0.6) is 0 Å². The number of methoxy groups -OCH3 is 1. The van der Waals surface area contributed by atoms with Crippen LogP contribution in [0.4, 0.5) is 0 Å². The summed E-state index contributed by atoms with van der Waals surface area (Å²) < 4.78 is 5.24. The van der Waals surface area contributed by atoms with Gasteiger partial charge in [0.2, 0.25) is 0 Å². The third kappa shape index (κ3) is 6.29. The smallest absolute Gasteiger partial charge is 0.274 e. The molecule has 1 aromatic rings. The summed E-state index contributed by atoms with van der Waals surface area (Å²) in [5.41, 5.74) is 1.63. The normalized spacial score (nSPS) is 22.6. The molecule has 1 aromatic heterocycles. The van der Waals surface area contributed by atoms with Crippen LogP contribution in [-0.4, -0.2) is 71.8 Å². The molecule has 2 saturated heterocycles. The Morgan fingerprint density at radius 2 is 2.14 bits per heavy atom. The maximum atomic E-state index is 13.3. The molecule has 0 aliphatic carbocycles. The standard InChI is InChI=1S/C23H40N4O2/c1-18(2)10-11-20-16-21(25-24-20)23(28)27(14-7-15-29-3)17-19-8-6-13-26-12-5-4-9-22(19)26/h16,18-19,22H,4-15,17H2,1-3H3,(H,24,25)/t19-,22+/m1/s1. The van der Waals surface area contributed by atoms with Crippen molar-refractivity contribution < 1.29 is 9.53 Å². The molecule has 6 nitrogen and oxygen atoms in total. The SMILES string of the molecule is COCCCN(C[C@H]1CCCN2CCCC[C@@H]12)C(=O)c1cc(CCC(C)C)[nH]n1. The van der Waals surface area contributed by atoms with Crippen LogP contribution in [-0.2, 0) is 11.2 Å². The Kier molecular flexibility index (Phi) is 8.54. The molecule has 6 heteroatoms. The highest BCUT2D eigenvalue weighted by Crippen LogP contribution is 2.31. The van der Waals surface area contributed by atoms with Crippen LogP contribution < -0.4 is 0 Å². The van der Waals surface area contributed by atoms with Crippen LogP contribution in [0, 0.1) is 11.8 Å². The second kappa shape index (κ2) is 11.1. The Bertz CT molecular complexity index is 628. The van der Waals surface area contributed by atoms with Crippen LogP contribution >= 0.6 is 0 Å². The number of fused-ring (bicyclic) bond motifs is 1. The van der Waals surface area contributed by atoms with Crippen molar-refractivity contribution in [2.75, 3.05) is 39.9 Å². The fraction of sp³-hybridized carbons (Fsp3) is 0.826. The maximum absolute atomic E-state index is 13.3. The molecule has 3 heterocycles. The third-order valence-electron chi connectivity index (χ3n) is 6.59. The first kappa shape index (κ1) is 22.3. The Morgan fingerprint density at radius 1 is 1.31 bits per heavy atom. The summed E-state index contributed by atoms with van der Waals surface area (Å²) >= 11 is 0. The van der Waals surface area contributed by atoms with Crippen molar-refractivity contribution >= 4 is 5.91 Å². The predicted octanol–water partition coefficient (Wildman–Crippen LogP) is 3.74. The zero-order chi connectivity index (χ0) is 20.6. The molecule has 0 unspecified atom stereocenters. The summed E-state index contributed by atoms with van der Waals surface area (Å²) in [5, 5.41) is 7.44. The molecule has 2 aliphatic rings. The molecular weight excluding hydrogens is 364 g/mol. The average Bonchev–Trinajstić information content (AvgIpc) is 3.20. The second-order valence-electron chi connectivity index (χ2n) is 9.31. The van der Waals surface area contributed by atoms with Crippen molar-refractivity contribution in [2.45, 2.75) is 71.3 Å². The van der Waals surface area contributed by atoms with Crippen molar-refractivity contribution in [2.24, 2.45) is 11.8 Å². The van der Waals surface area contributed by atoms with E-state index >= 15 is 0 Å². The lowest BCUT2D eigenvalue weighted by Gasteiger charge is -2.45. The molecule has 2 fully saturated rings. The maximum Gasteiger partial charge on any atom is 0.274 e. The van der Waals surface area contributed by atoms with Crippen LogP contribution in [0.2, 0.25) is 0 Å². The number of carbonyl (C=O) groups is 1. The molecule has 164 valence electrons. The number of nitrogens with zero attached hydrogens (tertiary/aromatic N) is 3. The molecule has 3 rings (SSSR count). The van der Waals surface area contributed by atoms with Gasteiger partial charge in [0.15, 0.2) is 0 Å². The zero-order valence-electron chi connectivity index (χ0n) is 18.7. The minimum Gasteiger partial charge on any atom is -0.385 e. The third-order valence-corrected chi connectivity index (χ3v) is 6.59. The van der Waals surface area contributed by atoms with Crippen molar-refractivity contribution in [3.8, 4) is 0 Å². The number of aromatic amines is 1. The van der Waals surface area contributed by atoms with Gasteiger partial charge in [-0.15, -0.1) is 0 Å². The lowest BCUT2D eigenvalue weighted by molar-refractivity contribution is 0.0344. The molecule has 0 bridgehead atoms. The minimum atomic E-state index is 0.0704. The number of piperidine rings is 2. The molecule has 0 radical (unpaired) electrons.